The summed E-state index contributed by atoms with van der Waals surface area (Å²) in [5, 5.41) is 16.7. The third kappa shape index (κ3) is 8.67. The normalized spacial score (nSPS) is 17.5. The molecule has 1 aromatic heterocycles. The summed E-state index contributed by atoms with van der Waals surface area (Å²) in [5.41, 5.74) is 1.46. The number of piperidine rings is 1. The molecule has 3 aromatic rings. The molecule has 1 unspecified atom stereocenters. The summed E-state index contributed by atoms with van der Waals surface area (Å²) >= 11 is 1.24. The second kappa shape index (κ2) is 14.3. The molecule has 244 valence electrons. The topological polar surface area (TPSA) is 113 Å². The molecular weight excluding hydrogens is 640 g/mol. The number of thiophene rings is 1. The van der Waals surface area contributed by atoms with Crippen molar-refractivity contribution in [2.24, 2.45) is 0 Å². The van der Waals surface area contributed by atoms with Gasteiger partial charge in [0, 0.05) is 31.0 Å². The second-order valence-corrected chi connectivity index (χ2v) is 15.8. The van der Waals surface area contributed by atoms with Gasteiger partial charge in [0.15, 0.2) is 12.7 Å². The van der Waals surface area contributed by atoms with Crippen LogP contribution in [0.4, 0.5) is 29.3 Å². The molecule has 2 aliphatic rings. The van der Waals surface area contributed by atoms with Crippen molar-refractivity contribution in [1.82, 2.24) is 4.90 Å². The van der Waals surface area contributed by atoms with Gasteiger partial charge < -0.3 is 29.4 Å². The van der Waals surface area contributed by atoms with E-state index in [0.717, 1.165) is 36.3 Å². The van der Waals surface area contributed by atoms with Crippen LogP contribution in [-0.2, 0) is 20.5 Å². The van der Waals surface area contributed by atoms with Crippen molar-refractivity contribution in [2.75, 3.05) is 63.4 Å². The number of anilines is 2. The van der Waals surface area contributed by atoms with Gasteiger partial charge in [0.1, 0.15) is 25.6 Å². The molecule has 0 amide bonds. The van der Waals surface area contributed by atoms with Gasteiger partial charge in [-0.3, -0.25) is 4.90 Å². The number of halogens is 3. The van der Waals surface area contributed by atoms with Crippen molar-refractivity contribution in [3.05, 3.63) is 46.8 Å². The Morgan fingerprint density at radius 3 is 2.63 bits per heavy atom. The Labute approximate surface area is 269 Å². The van der Waals surface area contributed by atoms with Crippen molar-refractivity contribution in [3.8, 4) is 23.7 Å². The first kappa shape index (κ1) is 33.5. The standard InChI is InChI=1S/C32H34F3N4O5PS/c1-45(2,41)23-8-9-26(28(17-23)42-16-12-36)37-13-4-7-29-25(18-32(33,34)35)24-5-3-6-27(30(24)46-29)38-21-10-14-39(15-11-21)19-22-20-43-31(40)44-22/h3,5-6,8-9,17,21-22,37-38H,10-11,13-16,18-20H2,1-2H3. The molecule has 2 N–H and O–H groups in total. The fraction of sp³-hybridized carbons (Fsp3) is 0.438. The van der Waals surface area contributed by atoms with Crippen LogP contribution in [0, 0.1) is 23.2 Å². The number of hydrogen-bond donors (Lipinski definition) is 2. The van der Waals surface area contributed by atoms with E-state index >= 15 is 0 Å². The molecule has 9 nitrogen and oxygen atoms in total. The van der Waals surface area contributed by atoms with E-state index in [9.17, 15) is 22.5 Å². The van der Waals surface area contributed by atoms with Gasteiger partial charge in [-0.05, 0) is 61.4 Å². The summed E-state index contributed by atoms with van der Waals surface area (Å²) in [7, 11) is -2.57. The molecule has 2 fully saturated rings. The number of rotatable bonds is 10. The van der Waals surface area contributed by atoms with E-state index in [0.29, 0.717) is 33.5 Å². The van der Waals surface area contributed by atoms with E-state index in [1.54, 1.807) is 43.7 Å². The smallest absolute Gasteiger partial charge is 0.477 e. The van der Waals surface area contributed by atoms with Crippen LogP contribution in [0.2, 0.25) is 0 Å². The molecule has 1 atom stereocenters. The third-order valence-electron chi connectivity index (χ3n) is 7.70. The molecule has 0 saturated carbocycles. The van der Waals surface area contributed by atoms with E-state index < -0.39 is 25.9 Å². The zero-order valence-electron chi connectivity index (χ0n) is 25.4. The molecule has 14 heteroatoms. The Hall–Kier alpha value is -3.90. The minimum atomic E-state index is -4.41. The van der Waals surface area contributed by atoms with Crippen LogP contribution in [0.3, 0.4) is 0 Å². The van der Waals surface area contributed by atoms with Gasteiger partial charge in [-0.2, -0.15) is 18.4 Å². The molecule has 0 spiro atoms. The highest BCUT2D eigenvalue weighted by atomic mass is 32.1. The lowest BCUT2D eigenvalue weighted by atomic mass is 10.0. The molecule has 2 aliphatic heterocycles. The average Bonchev–Trinajstić information content (AvgIpc) is 3.57. The molecule has 3 heterocycles. The summed E-state index contributed by atoms with van der Waals surface area (Å²) in [6.07, 6.45) is -4.76. The summed E-state index contributed by atoms with van der Waals surface area (Å²) < 4.78 is 69.9. The van der Waals surface area contributed by atoms with Crippen LogP contribution in [0.1, 0.15) is 23.3 Å². The molecule has 0 aliphatic carbocycles. The van der Waals surface area contributed by atoms with Gasteiger partial charge in [-0.25, -0.2) is 4.79 Å². The number of fused-ring (bicyclic) bond motifs is 1. The monoisotopic (exact) mass is 674 g/mol. The number of cyclic esters (lactones) is 2. The van der Waals surface area contributed by atoms with Crippen molar-refractivity contribution < 1.29 is 36.7 Å². The van der Waals surface area contributed by atoms with Gasteiger partial charge in [0.25, 0.3) is 0 Å². The first-order chi connectivity index (χ1) is 21.9. The maximum Gasteiger partial charge on any atom is 0.508 e. The summed E-state index contributed by atoms with van der Waals surface area (Å²) in [4.78, 5) is 13.8. The largest absolute Gasteiger partial charge is 0.508 e. The van der Waals surface area contributed by atoms with Crippen molar-refractivity contribution in [1.29, 1.82) is 5.26 Å². The highest BCUT2D eigenvalue weighted by molar-refractivity contribution is 7.70. The quantitative estimate of drug-likeness (QED) is 0.151. The maximum atomic E-state index is 13.7. The first-order valence-electron chi connectivity index (χ1n) is 14.7. The highest BCUT2D eigenvalue weighted by Gasteiger charge is 2.32. The van der Waals surface area contributed by atoms with Crippen LogP contribution in [0.25, 0.3) is 10.1 Å². The molecule has 0 bridgehead atoms. The number of nitriles is 1. The van der Waals surface area contributed by atoms with E-state index in [4.69, 9.17) is 19.5 Å². The Kier molecular flexibility index (Phi) is 10.4. The summed E-state index contributed by atoms with van der Waals surface area (Å²) in [6.45, 7) is 5.62. The number of likely N-dealkylation sites (tertiary alicyclic amines) is 1. The van der Waals surface area contributed by atoms with Crippen LogP contribution < -0.4 is 20.7 Å². The highest BCUT2D eigenvalue weighted by Crippen LogP contribution is 2.40. The predicted molar refractivity (Wildman–Crippen MR) is 173 cm³/mol. The van der Waals surface area contributed by atoms with E-state index in [-0.39, 0.29) is 37.5 Å². The second-order valence-electron chi connectivity index (χ2n) is 11.5. The lowest BCUT2D eigenvalue weighted by molar-refractivity contribution is -0.126. The van der Waals surface area contributed by atoms with Crippen molar-refractivity contribution in [2.45, 2.75) is 37.6 Å². The first-order valence-corrected chi connectivity index (χ1v) is 18.2. The number of nitrogens with zero attached hydrogens (tertiary/aromatic N) is 2. The van der Waals surface area contributed by atoms with Crippen LogP contribution in [-0.4, -0.2) is 82.1 Å². The molecule has 0 radical (unpaired) electrons. The Balaban J connectivity index is 1.31. The average molecular weight is 675 g/mol. The van der Waals surface area contributed by atoms with Crippen molar-refractivity contribution >= 4 is 51.4 Å². The Bertz CT molecular complexity index is 1730. The molecule has 5 rings (SSSR count). The van der Waals surface area contributed by atoms with Gasteiger partial charge in [-0.15, -0.1) is 11.3 Å². The zero-order valence-corrected chi connectivity index (χ0v) is 27.1. The molecular formula is C32H34F3N4O5PS. The fourth-order valence-electron chi connectivity index (χ4n) is 5.47. The SMILES string of the molecule is CP(C)(=O)c1ccc(NCC#Cc2sc3c(NC4CCN(CC5COC(=O)O5)CC4)cccc3c2CC(F)(F)F)c(OCC#N)c1. The van der Waals surface area contributed by atoms with Crippen LogP contribution in [0.5, 0.6) is 5.75 Å². The lowest BCUT2D eigenvalue weighted by Crippen LogP contribution is -2.43. The number of carbonyl (C=O) groups is 1. The van der Waals surface area contributed by atoms with Gasteiger partial charge >= 0.3 is 12.3 Å². The maximum absolute atomic E-state index is 13.7. The van der Waals surface area contributed by atoms with E-state index in [2.05, 4.69) is 27.4 Å². The number of nitrogens with one attached hydrogen (secondary N) is 2. The predicted octanol–water partition coefficient (Wildman–Crippen LogP) is 6.03. The third-order valence-corrected chi connectivity index (χ3v) is 10.4. The van der Waals surface area contributed by atoms with Crippen molar-refractivity contribution in [3.63, 3.8) is 0 Å². The molecule has 46 heavy (non-hydrogen) atoms. The minimum absolute atomic E-state index is 0.105. The Morgan fingerprint density at radius 2 is 1.96 bits per heavy atom. The summed E-state index contributed by atoms with van der Waals surface area (Å²) in [6, 6.07) is 12.4. The fourth-order valence-corrected chi connectivity index (χ4v) is 7.50. The number of ether oxygens (including phenoxy) is 3. The van der Waals surface area contributed by atoms with Crippen LogP contribution >= 0.6 is 18.5 Å². The number of hydrogen-bond acceptors (Lipinski definition) is 10. The lowest BCUT2D eigenvalue weighted by Gasteiger charge is -2.33. The number of carbonyl (C=O) groups excluding carboxylic acids is 1. The minimum Gasteiger partial charge on any atom is -0.477 e. The van der Waals surface area contributed by atoms with Gasteiger partial charge in [-0.1, -0.05) is 24.0 Å². The van der Waals surface area contributed by atoms with Crippen LogP contribution in [0.15, 0.2) is 36.4 Å². The Morgan fingerprint density at radius 1 is 1.17 bits per heavy atom. The molecule has 2 saturated heterocycles. The van der Waals surface area contributed by atoms with E-state index in [1.165, 1.54) is 11.3 Å². The zero-order chi connectivity index (χ0) is 32.9. The van der Waals surface area contributed by atoms with Gasteiger partial charge in [0.05, 0.1) is 33.9 Å². The molecule has 2 aromatic carbocycles. The summed E-state index contributed by atoms with van der Waals surface area (Å²) in [5.74, 6) is 6.25. The number of benzene rings is 2. The van der Waals surface area contributed by atoms with Gasteiger partial charge in [0.2, 0.25) is 0 Å². The van der Waals surface area contributed by atoms with E-state index in [1.807, 2.05) is 12.1 Å². The number of alkyl halides is 3.